The lowest BCUT2D eigenvalue weighted by atomic mass is 10.2. The number of aryl methyl sites for hydroxylation is 2. The van der Waals surface area contributed by atoms with Crippen LogP contribution in [-0.2, 0) is 7.05 Å². The second-order valence-corrected chi connectivity index (χ2v) is 4.57. The topological polar surface area (TPSA) is 80.2 Å². The second kappa shape index (κ2) is 4.03. The number of fused-ring (bicyclic) bond motifs is 2. The first-order valence-electron chi connectivity index (χ1n) is 5.96. The zero-order chi connectivity index (χ0) is 14.4. The van der Waals surface area contributed by atoms with E-state index in [0.717, 1.165) is 5.56 Å². The highest BCUT2D eigenvalue weighted by Crippen LogP contribution is 2.11. The van der Waals surface area contributed by atoms with Crippen molar-refractivity contribution in [2.45, 2.75) is 6.92 Å². The van der Waals surface area contributed by atoms with Crippen LogP contribution in [0, 0.1) is 18.3 Å². The number of nitrogens with zero attached hydrogens (tertiary/aromatic N) is 4. The van der Waals surface area contributed by atoms with Crippen LogP contribution in [0.5, 0.6) is 0 Å². The van der Waals surface area contributed by atoms with Gasteiger partial charge in [0.1, 0.15) is 17.3 Å². The van der Waals surface area contributed by atoms with Crippen LogP contribution in [0.3, 0.4) is 0 Å². The highest BCUT2D eigenvalue weighted by molar-refractivity contribution is 5.78. The van der Waals surface area contributed by atoms with Crippen molar-refractivity contribution in [1.29, 1.82) is 5.26 Å². The molecule has 0 unspecified atom stereocenters. The van der Waals surface area contributed by atoms with Gasteiger partial charge in [0.2, 0.25) is 0 Å². The van der Waals surface area contributed by atoms with Crippen LogP contribution in [0.2, 0.25) is 0 Å². The van der Waals surface area contributed by atoms with Gasteiger partial charge in [0, 0.05) is 13.2 Å². The molecule has 0 saturated heterocycles. The third-order valence-electron chi connectivity index (χ3n) is 3.33. The fraction of sp³-hybridized carbons (Fsp3) is 0.143. The molecule has 0 amide bonds. The van der Waals surface area contributed by atoms with Gasteiger partial charge in [0.05, 0.1) is 5.39 Å². The van der Waals surface area contributed by atoms with Gasteiger partial charge in [-0.2, -0.15) is 5.26 Å². The Morgan fingerprint density at radius 1 is 1.25 bits per heavy atom. The fourth-order valence-electron chi connectivity index (χ4n) is 2.25. The maximum absolute atomic E-state index is 12.5. The van der Waals surface area contributed by atoms with E-state index in [4.69, 9.17) is 5.26 Å². The molecule has 0 aliphatic carbocycles. The molecule has 3 aromatic heterocycles. The third kappa shape index (κ3) is 1.47. The van der Waals surface area contributed by atoms with E-state index >= 15 is 0 Å². The van der Waals surface area contributed by atoms with Crippen LogP contribution < -0.4 is 11.1 Å². The Kier molecular flexibility index (Phi) is 2.44. The van der Waals surface area contributed by atoms with Crippen LogP contribution in [0.25, 0.3) is 16.7 Å². The van der Waals surface area contributed by atoms with Crippen molar-refractivity contribution in [3.63, 3.8) is 0 Å². The smallest absolute Gasteiger partial charge is 0.269 e. The molecular weight excluding hydrogens is 256 g/mol. The molecule has 6 heteroatoms. The Bertz CT molecular complexity index is 1020. The summed E-state index contributed by atoms with van der Waals surface area (Å²) in [7, 11) is 1.51. The van der Waals surface area contributed by atoms with Crippen LogP contribution in [-0.4, -0.2) is 14.0 Å². The quantitative estimate of drug-likeness (QED) is 0.562. The molecule has 0 fully saturated rings. The van der Waals surface area contributed by atoms with E-state index in [1.54, 1.807) is 18.3 Å². The molecular formula is C14H10N4O2. The monoisotopic (exact) mass is 266 g/mol. The molecule has 0 aliphatic heterocycles. The molecule has 0 radical (unpaired) electrons. The van der Waals surface area contributed by atoms with Crippen LogP contribution >= 0.6 is 0 Å². The summed E-state index contributed by atoms with van der Waals surface area (Å²) in [6.07, 6.45) is 1.62. The minimum Gasteiger partial charge on any atom is -0.294 e. The number of nitriles is 1. The number of hydrogen-bond acceptors (Lipinski definition) is 4. The summed E-state index contributed by atoms with van der Waals surface area (Å²) >= 11 is 0. The van der Waals surface area contributed by atoms with E-state index in [2.05, 4.69) is 4.98 Å². The largest absolute Gasteiger partial charge is 0.294 e. The number of rotatable bonds is 0. The molecule has 0 atom stereocenters. The Morgan fingerprint density at radius 2 is 2.00 bits per heavy atom. The molecule has 0 N–H and O–H groups in total. The van der Waals surface area contributed by atoms with Crippen molar-refractivity contribution in [2.75, 3.05) is 0 Å². The van der Waals surface area contributed by atoms with E-state index in [-0.39, 0.29) is 22.2 Å². The Balaban J connectivity index is 2.69. The molecule has 0 aliphatic rings. The molecule has 3 aromatic rings. The van der Waals surface area contributed by atoms with Crippen molar-refractivity contribution in [3.05, 3.63) is 56.2 Å². The zero-order valence-corrected chi connectivity index (χ0v) is 10.9. The maximum Gasteiger partial charge on any atom is 0.269 e. The number of hydrogen-bond donors (Lipinski definition) is 0. The summed E-state index contributed by atoms with van der Waals surface area (Å²) in [5.41, 5.74) is 0.818. The number of pyridine rings is 2. The van der Waals surface area contributed by atoms with Gasteiger partial charge in [0.15, 0.2) is 5.65 Å². The molecule has 0 bridgehead atoms. The first-order valence-corrected chi connectivity index (χ1v) is 5.96. The summed E-state index contributed by atoms with van der Waals surface area (Å²) in [5.74, 6) is 0. The summed E-state index contributed by atoms with van der Waals surface area (Å²) in [6, 6.07) is 6.71. The van der Waals surface area contributed by atoms with Gasteiger partial charge in [-0.25, -0.2) is 4.98 Å². The molecule has 0 saturated carbocycles. The van der Waals surface area contributed by atoms with Crippen LogP contribution in [0.4, 0.5) is 0 Å². The van der Waals surface area contributed by atoms with E-state index in [0.29, 0.717) is 5.65 Å². The van der Waals surface area contributed by atoms with Crippen molar-refractivity contribution >= 4 is 16.7 Å². The predicted molar refractivity (Wildman–Crippen MR) is 73.7 cm³/mol. The SMILES string of the molecule is Cc1cccn2c(=O)c3cc(C#N)c(=O)n(C)c3nc12. The zero-order valence-electron chi connectivity index (χ0n) is 10.9. The van der Waals surface area contributed by atoms with E-state index < -0.39 is 5.56 Å². The van der Waals surface area contributed by atoms with Gasteiger partial charge in [-0.05, 0) is 24.6 Å². The van der Waals surface area contributed by atoms with Gasteiger partial charge >= 0.3 is 0 Å². The van der Waals surface area contributed by atoms with Crippen molar-refractivity contribution < 1.29 is 0 Å². The van der Waals surface area contributed by atoms with E-state index in [1.165, 1.54) is 22.1 Å². The average molecular weight is 266 g/mol. The lowest BCUT2D eigenvalue weighted by Gasteiger charge is -2.08. The predicted octanol–water partition coefficient (Wildman–Crippen LogP) is 0.726. The van der Waals surface area contributed by atoms with Gasteiger partial charge in [0.25, 0.3) is 11.1 Å². The molecule has 3 rings (SSSR count). The highest BCUT2D eigenvalue weighted by Gasteiger charge is 2.13. The third-order valence-corrected chi connectivity index (χ3v) is 3.33. The summed E-state index contributed by atoms with van der Waals surface area (Å²) < 4.78 is 2.66. The van der Waals surface area contributed by atoms with Gasteiger partial charge in [-0.3, -0.25) is 18.6 Å². The summed E-state index contributed by atoms with van der Waals surface area (Å²) in [5, 5.41) is 9.21. The lowest BCUT2D eigenvalue weighted by molar-refractivity contribution is 0.876. The Labute approximate surface area is 113 Å². The summed E-state index contributed by atoms with van der Waals surface area (Å²) in [6.45, 7) is 1.84. The molecule has 20 heavy (non-hydrogen) atoms. The maximum atomic E-state index is 12.5. The van der Waals surface area contributed by atoms with Crippen molar-refractivity contribution in [2.24, 2.45) is 7.05 Å². The minimum atomic E-state index is -0.454. The molecule has 6 nitrogen and oxygen atoms in total. The molecule has 0 spiro atoms. The van der Waals surface area contributed by atoms with Crippen molar-refractivity contribution in [1.82, 2.24) is 14.0 Å². The first kappa shape index (κ1) is 12.1. The number of aromatic nitrogens is 3. The second-order valence-electron chi connectivity index (χ2n) is 4.57. The van der Waals surface area contributed by atoms with Crippen LogP contribution in [0.15, 0.2) is 34.0 Å². The normalized spacial score (nSPS) is 10.8. The minimum absolute atomic E-state index is 0.0634. The Morgan fingerprint density at radius 3 is 2.70 bits per heavy atom. The highest BCUT2D eigenvalue weighted by atomic mass is 16.1. The fourth-order valence-corrected chi connectivity index (χ4v) is 2.25. The molecule has 98 valence electrons. The summed E-state index contributed by atoms with van der Waals surface area (Å²) in [4.78, 5) is 28.8. The van der Waals surface area contributed by atoms with Crippen LogP contribution in [0.1, 0.15) is 11.1 Å². The van der Waals surface area contributed by atoms with E-state index in [1.807, 2.05) is 13.0 Å². The van der Waals surface area contributed by atoms with Gasteiger partial charge < -0.3 is 0 Å². The molecule has 0 aromatic carbocycles. The molecule has 3 heterocycles. The van der Waals surface area contributed by atoms with E-state index in [9.17, 15) is 9.59 Å². The van der Waals surface area contributed by atoms with Crippen molar-refractivity contribution in [3.8, 4) is 6.07 Å². The first-order chi connectivity index (χ1) is 9.54. The van der Waals surface area contributed by atoms with Gasteiger partial charge in [-0.15, -0.1) is 0 Å². The standard InChI is InChI=1S/C14H10N4O2/c1-8-4-3-5-18-11(8)16-12-10(14(18)20)6-9(7-15)13(19)17(12)2/h3-6H,1-2H3. The average Bonchev–Trinajstić information content (AvgIpc) is 2.45. The lowest BCUT2D eigenvalue weighted by Crippen LogP contribution is -2.25. The Hall–Kier alpha value is -2.94. The van der Waals surface area contributed by atoms with Gasteiger partial charge in [-0.1, -0.05) is 6.07 Å².